The standard InChI is InChI=1S/C53H29F3N6/c54-53(55,56)45-15-7-12-38(30-59)51(45)43-22-23-48(61-46-16-3-1-13-39(46)41-20-18-36(26-49(41)61)34-10-5-8-32(24-34)28-57)44(31-60)52(43)62-47-17-4-2-14-40(47)42-21-19-37(27-50(42)62)35-11-6-9-33(25-35)29-58/h1-27,42,50H. The van der Waals surface area contributed by atoms with E-state index in [2.05, 4.69) is 24.3 Å². The van der Waals surface area contributed by atoms with E-state index in [0.29, 0.717) is 22.5 Å². The number of hydrogen-bond acceptors (Lipinski definition) is 5. The van der Waals surface area contributed by atoms with Crippen LogP contribution < -0.4 is 4.90 Å². The van der Waals surface area contributed by atoms with Crippen molar-refractivity contribution in [3.05, 3.63) is 203 Å². The summed E-state index contributed by atoms with van der Waals surface area (Å²) in [5.74, 6) is -0.259. The lowest BCUT2D eigenvalue weighted by atomic mass is 9.86. The van der Waals surface area contributed by atoms with Gasteiger partial charge in [0, 0.05) is 33.5 Å². The average Bonchev–Trinajstić information content (AvgIpc) is 3.82. The molecular formula is C53H29F3N6. The fourth-order valence-electron chi connectivity index (χ4n) is 9.25. The van der Waals surface area contributed by atoms with Crippen molar-refractivity contribution in [2.75, 3.05) is 4.90 Å². The third kappa shape index (κ3) is 5.92. The minimum absolute atomic E-state index is 0.0796. The van der Waals surface area contributed by atoms with Gasteiger partial charge in [-0.15, -0.1) is 0 Å². The van der Waals surface area contributed by atoms with E-state index in [-0.39, 0.29) is 33.9 Å². The van der Waals surface area contributed by atoms with Crippen molar-refractivity contribution in [2.24, 2.45) is 0 Å². The van der Waals surface area contributed by atoms with Crippen molar-refractivity contribution in [1.82, 2.24) is 4.57 Å². The highest BCUT2D eigenvalue weighted by atomic mass is 19.4. The zero-order chi connectivity index (χ0) is 42.7. The third-order valence-corrected chi connectivity index (χ3v) is 11.9. The zero-order valence-electron chi connectivity index (χ0n) is 32.6. The lowest BCUT2D eigenvalue weighted by Crippen LogP contribution is -2.30. The molecule has 2 aliphatic rings. The lowest BCUT2D eigenvalue weighted by Gasteiger charge is -2.33. The second-order valence-electron chi connectivity index (χ2n) is 15.2. The molecule has 0 amide bonds. The quantitative estimate of drug-likeness (QED) is 0.172. The number of nitrogens with zero attached hydrogens (tertiary/aromatic N) is 6. The fourth-order valence-corrected chi connectivity index (χ4v) is 9.25. The van der Waals surface area contributed by atoms with Crippen molar-refractivity contribution in [2.45, 2.75) is 18.1 Å². The number of alkyl halides is 3. The van der Waals surface area contributed by atoms with E-state index in [4.69, 9.17) is 0 Å². The van der Waals surface area contributed by atoms with Crippen LogP contribution in [0, 0.1) is 45.3 Å². The molecule has 7 aromatic carbocycles. The van der Waals surface area contributed by atoms with Gasteiger partial charge in [0.05, 0.1) is 68.9 Å². The summed E-state index contributed by atoms with van der Waals surface area (Å²) >= 11 is 0. The van der Waals surface area contributed by atoms with Crippen molar-refractivity contribution in [1.29, 1.82) is 21.0 Å². The van der Waals surface area contributed by atoms with Gasteiger partial charge in [0.2, 0.25) is 0 Å². The van der Waals surface area contributed by atoms with E-state index in [0.717, 1.165) is 55.7 Å². The van der Waals surface area contributed by atoms with Crippen molar-refractivity contribution >= 4 is 38.8 Å². The minimum atomic E-state index is -4.84. The number of halogens is 3. The van der Waals surface area contributed by atoms with E-state index in [1.165, 1.54) is 12.1 Å². The van der Waals surface area contributed by atoms with E-state index < -0.39 is 17.8 Å². The predicted molar refractivity (Wildman–Crippen MR) is 234 cm³/mol. The molecule has 0 fully saturated rings. The van der Waals surface area contributed by atoms with Crippen molar-refractivity contribution in [3.63, 3.8) is 0 Å². The molecule has 0 radical (unpaired) electrons. The van der Waals surface area contributed by atoms with Gasteiger partial charge in [0.25, 0.3) is 0 Å². The van der Waals surface area contributed by atoms with Gasteiger partial charge in [-0.25, -0.2) is 0 Å². The monoisotopic (exact) mass is 806 g/mol. The highest BCUT2D eigenvalue weighted by molar-refractivity contribution is 6.11. The first-order valence-corrected chi connectivity index (χ1v) is 19.7. The number of benzene rings is 7. The maximum absolute atomic E-state index is 15.2. The molecule has 2 heterocycles. The molecule has 62 heavy (non-hydrogen) atoms. The Hall–Kier alpha value is -8.63. The van der Waals surface area contributed by atoms with E-state index >= 15 is 13.2 Å². The molecule has 1 aliphatic carbocycles. The number of nitriles is 4. The molecule has 8 aromatic rings. The molecule has 6 nitrogen and oxygen atoms in total. The molecule has 2 atom stereocenters. The summed E-state index contributed by atoms with van der Waals surface area (Å²) in [6.07, 6.45) is 1.26. The molecule has 0 saturated heterocycles. The van der Waals surface area contributed by atoms with E-state index in [1.54, 1.807) is 36.4 Å². The summed E-state index contributed by atoms with van der Waals surface area (Å²) in [5.41, 5.74) is 6.71. The molecule has 9 heteroatoms. The molecule has 1 aliphatic heterocycles. The summed E-state index contributed by atoms with van der Waals surface area (Å²) in [7, 11) is 0. The second-order valence-corrected chi connectivity index (χ2v) is 15.2. The maximum Gasteiger partial charge on any atom is 0.417 e. The number of para-hydroxylation sites is 2. The largest absolute Gasteiger partial charge is 0.417 e. The summed E-state index contributed by atoms with van der Waals surface area (Å²) in [6, 6.07) is 51.2. The SMILES string of the molecule is N#Cc1cccc(C2=CC3C(C=C2)c2ccccc2N3c2c(-c3c(C#N)cccc3C(F)(F)F)ccc(-n3c4ccccc4c4ccc(-c5cccc(C#N)c5)cc43)c2C#N)c1. The Morgan fingerprint density at radius 2 is 1.26 bits per heavy atom. The molecule has 10 rings (SSSR count). The van der Waals surface area contributed by atoms with Gasteiger partial charge < -0.3 is 9.47 Å². The summed E-state index contributed by atoms with van der Waals surface area (Å²) < 4.78 is 47.5. The van der Waals surface area contributed by atoms with Crippen LogP contribution in [-0.4, -0.2) is 10.6 Å². The van der Waals surface area contributed by atoms with Gasteiger partial charge >= 0.3 is 6.18 Å². The zero-order valence-corrected chi connectivity index (χ0v) is 32.6. The van der Waals surface area contributed by atoms with Crippen LogP contribution >= 0.6 is 0 Å². The van der Waals surface area contributed by atoms with Crippen molar-refractivity contribution in [3.8, 4) is 52.2 Å². The van der Waals surface area contributed by atoms with Gasteiger partial charge in [-0.1, -0.05) is 103 Å². The summed E-state index contributed by atoms with van der Waals surface area (Å²) in [6.45, 7) is 0. The van der Waals surface area contributed by atoms with Gasteiger partial charge in [0.1, 0.15) is 11.6 Å². The predicted octanol–water partition coefficient (Wildman–Crippen LogP) is 12.9. The van der Waals surface area contributed by atoms with Gasteiger partial charge in [-0.2, -0.15) is 34.2 Å². The third-order valence-electron chi connectivity index (χ3n) is 11.9. The smallest absolute Gasteiger partial charge is 0.332 e. The highest BCUT2D eigenvalue weighted by Crippen LogP contribution is 2.54. The number of fused-ring (bicyclic) bond motifs is 6. The number of hydrogen-bond donors (Lipinski definition) is 0. The first kappa shape index (κ1) is 37.6. The fraction of sp³-hybridized carbons (Fsp3) is 0.0566. The molecular weight excluding hydrogens is 778 g/mol. The number of allylic oxidation sites excluding steroid dienone is 2. The summed E-state index contributed by atoms with van der Waals surface area (Å²) in [5, 5.41) is 43.2. The highest BCUT2D eigenvalue weighted by Gasteiger charge is 2.43. The molecule has 0 spiro atoms. The van der Waals surface area contributed by atoms with Crippen LogP contribution in [0.5, 0.6) is 0 Å². The second kappa shape index (κ2) is 14.6. The Kier molecular flexibility index (Phi) is 8.85. The Bertz CT molecular complexity index is 3430. The van der Waals surface area contributed by atoms with Gasteiger partial charge in [-0.3, -0.25) is 0 Å². The van der Waals surface area contributed by atoms with Crippen LogP contribution in [0.1, 0.15) is 44.9 Å². The van der Waals surface area contributed by atoms with Crippen LogP contribution in [0.15, 0.2) is 164 Å². The van der Waals surface area contributed by atoms with Crippen LogP contribution in [0.25, 0.3) is 55.3 Å². The normalized spacial score (nSPS) is 15.3. The Labute approximate surface area is 354 Å². The maximum atomic E-state index is 15.2. The number of rotatable bonds is 5. The van der Waals surface area contributed by atoms with Crippen LogP contribution in [0.3, 0.4) is 0 Å². The molecule has 1 aromatic heterocycles. The lowest BCUT2D eigenvalue weighted by molar-refractivity contribution is -0.137. The Morgan fingerprint density at radius 3 is 2.02 bits per heavy atom. The Morgan fingerprint density at radius 1 is 0.565 bits per heavy atom. The molecule has 0 N–H and O–H groups in total. The first-order chi connectivity index (χ1) is 30.2. The van der Waals surface area contributed by atoms with Crippen LogP contribution in [0.4, 0.5) is 24.5 Å². The van der Waals surface area contributed by atoms with Crippen molar-refractivity contribution < 1.29 is 13.2 Å². The first-order valence-electron chi connectivity index (χ1n) is 19.7. The number of aromatic nitrogens is 1. The Balaban J connectivity index is 1.31. The number of anilines is 2. The van der Waals surface area contributed by atoms with Gasteiger partial charge in [-0.05, 0) is 88.5 Å². The molecule has 0 saturated carbocycles. The molecule has 0 bridgehead atoms. The van der Waals surface area contributed by atoms with E-state index in [1.807, 2.05) is 119 Å². The average molecular weight is 807 g/mol. The van der Waals surface area contributed by atoms with Gasteiger partial charge in [0.15, 0.2) is 0 Å². The topological polar surface area (TPSA) is 103 Å². The minimum Gasteiger partial charge on any atom is -0.332 e. The summed E-state index contributed by atoms with van der Waals surface area (Å²) in [4.78, 5) is 1.95. The molecule has 2 unspecified atom stereocenters. The van der Waals surface area contributed by atoms with Crippen LogP contribution in [0.2, 0.25) is 0 Å². The van der Waals surface area contributed by atoms with Crippen LogP contribution in [-0.2, 0) is 6.18 Å². The molecule has 292 valence electrons. The van der Waals surface area contributed by atoms with E-state index in [9.17, 15) is 21.0 Å².